The van der Waals surface area contributed by atoms with Crippen molar-refractivity contribution < 1.29 is 4.74 Å². The van der Waals surface area contributed by atoms with E-state index in [1.54, 1.807) is 0 Å². The van der Waals surface area contributed by atoms with Crippen LogP contribution in [0.1, 0.15) is 18.4 Å². The maximum absolute atomic E-state index is 5.57. The Labute approximate surface area is 67.0 Å². The highest BCUT2D eigenvalue weighted by atomic mass is 16.5. The fraction of sp³-hybridized carbons (Fsp3) is 0.400. The van der Waals surface area contributed by atoms with E-state index in [0.717, 1.165) is 11.3 Å². The Morgan fingerprint density at radius 1 is 1.55 bits per heavy atom. The molecule has 1 fully saturated rings. The van der Waals surface area contributed by atoms with Gasteiger partial charge in [-0.1, -0.05) is 6.07 Å². The minimum Gasteiger partial charge on any atom is -0.482 e. The summed E-state index contributed by atoms with van der Waals surface area (Å²) in [7, 11) is 0. The molecule has 0 saturated heterocycles. The highest BCUT2D eigenvalue weighted by Crippen LogP contribution is 2.27. The van der Waals surface area contributed by atoms with Crippen molar-refractivity contribution in [2.24, 2.45) is 0 Å². The van der Waals surface area contributed by atoms with Gasteiger partial charge in [-0.05, 0) is 38.0 Å². The number of hydrogen-bond donors (Lipinski definition) is 0. The van der Waals surface area contributed by atoms with E-state index in [2.05, 4.69) is 12.1 Å². The molecule has 0 spiro atoms. The molecule has 1 nitrogen and oxygen atoms in total. The molecule has 2 rings (SSSR count). The molecular formula is C10H10O. The van der Waals surface area contributed by atoms with Crippen molar-refractivity contribution in [3.8, 4) is 5.75 Å². The predicted octanol–water partition coefficient (Wildman–Crippen LogP) is 2.14. The third kappa shape index (κ3) is 1.46. The Balaban J connectivity index is 2.15. The van der Waals surface area contributed by atoms with Gasteiger partial charge in [-0.15, -0.1) is 0 Å². The predicted molar refractivity (Wildman–Crippen MR) is 42.5 cm³/mol. The number of ether oxygens (including phenoxy) is 1. The summed E-state index contributed by atoms with van der Waals surface area (Å²) in [5, 5.41) is 0. The van der Waals surface area contributed by atoms with Crippen molar-refractivity contribution >= 4 is 0 Å². The van der Waals surface area contributed by atoms with Gasteiger partial charge in [-0.3, -0.25) is 0 Å². The van der Waals surface area contributed by atoms with Gasteiger partial charge < -0.3 is 4.74 Å². The highest BCUT2D eigenvalue weighted by Gasteiger charge is 2.23. The number of rotatable bonds is 2. The summed E-state index contributed by atoms with van der Waals surface area (Å²) in [4.78, 5) is 0. The van der Waals surface area contributed by atoms with Crippen LogP contribution in [-0.2, 0) is 0 Å². The summed E-state index contributed by atoms with van der Waals surface area (Å²) in [6, 6.07) is 9.70. The van der Waals surface area contributed by atoms with E-state index in [1.807, 2.05) is 19.1 Å². The fourth-order valence-corrected chi connectivity index (χ4v) is 0.923. The first kappa shape index (κ1) is 6.54. The summed E-state index contributed by atoms with van der Waals surface area (Å²) in [5.74, 6) is 0.870. The Kier molecular flexibility index (Phi) is 1.47. The zero-order valence-electron chi connectivity index (χ0n) is 6.55. The van der Waals surface area contributed by atoms with Gasteiger partial charge in [0.2, 0.25) is 0 Å². The molecule has 11 heavy (non-hydrogen) atoms. The van der Waals surface area contributed by atoms with Crippen LogP contribution in [0.15, 0.2) is 12.1 Å². The van der Waals surface area contributed by atoms with Crippen molar-refractivity contribution in [2.75, 3.05) is 0 Å². The van der Waals surface area contributed by atoms with Crippen LogP contribution in [0.4, 0.5) is 0 Å². The molecule has 1 heteroatoms. The van der Waals surface area contributed by atoms with Crippen molar-refractivity contribution in [1.82, 2.24) is 0 Å². The van der Waals surface area contributed by atoms with E-state index in [9.17, 15) is 0 Å². The van der Waals surface area contributed by atoms with Gasteiger partial charge in [0.05, 0.1) is 6.10 Å². The number of hydrogen-bond acceptors (Lipinski definition) is 1. The molecule has 0 bridgehead atoms. The second kappa shape index (κ2) is 2.47. The summed E-state index contributed by atoms with van der Waals surface area (Å²) in [6.45, 7) is 2.03. The van der Waals surface area contributed by atoms with E-state index in [0.29, 0.717) is 6.10 Å². The Morgan fingerprint density at radius 2 is 2.36 bits per heavy atom. The SMILES string of the molecule is Cc1ccc#cc1OC1CC1. The number of aryl methyl sites for hydroxylation is 1. The fourth-order valence-electron chi connectivity index (χ4n) is 0.923. The summed E-state index contributed by atoms with van der Waals surface area (Å²) >= 11 is 0. The van der Waals surface area contributed by atoms with Crippen molar-refractivity contribution in [1.29, 1.82) is 0 Å². The molecule has 0 radical (unpaired) electrons. The third-order valence-electron chi connectivity index (χ3n) is 1.77. The van der Waals surface area contributed by atoms with Crippen LogP contribution in [-0.4, -0.2) is 6.10 Å². The van der Waals surface area contributed by atoms with Gasteiger partial charge in [-0.25, -0.2) is 0 Å². The molecule has 1 aliphatic rings. The minimum absolute atomic E-state index is 0.459. The van der Waals surface area contributed by atoms with Crippen molar-refractivity contribution in [3.05, 3.63) is 29.8 Å². The van der Waals surface area contributed by atoms with Crippen LogP contribution in [0.5, 0.6) is 5.75 Å². The largest absolute Gasteiger partial charge is 0.482 e. The zero-order chi connectivity index (χ0) is 7.68. The maximum Gasteiger partial charge on any atom is 0.173 e. The summed E-state index contributed by atoms with van der Waals surface area (Å²) < 4.78 is 5.57. The Hall–Kier alpha value is -1.16. The molecule has 1 saturated carbocycles. The smallest absolute Gasteiger partial charge is 0.173 e. The summed E-state index contributed by atoms with van der Waals surface area (Å²) in [6.07, 6.45) is 2.85. The molecular weight excluding hydrogens is 136 g/mol. The molecule has 0 heterocycles. The van der Waals surface area contributed by atoms with Crippen LogP contribution >= 0.6 is 0 Å². The van der Waals surface area contributed by atoms with Crippen LogP contribution < -0.4 is 4.74 Å². The molecule has 1 aromatic rings. The van der Waals surface area contributed by atoms with Crippen molar-refractivity contribution in [3.63, 3.8) is 0 Å². The van der Waals surface area contributed by atoms with Crippen LogP contribution in [0, 0.1) is 19.1 Å². The monoisotopic (exact) mass is 146 g/mol. The molecule has 0 aromatic heterocycles. The lowest BCUT2D eigenvalue weighted by atomic mass is 10.2. The molecule has 0 aliphatic heterocycles. The van der Waals surface area contributed by atoms with Crippen molar-refractivity contribution in [2.45, 2.75) is 25.9 Å². The van der Waals surface area contributed by atoms with E-state index >= 15 is 0 Å². The van der Waals surface area contributed by atoms with Crippen LogP contribution in [0.2, 0.25) is 0 Å². The Bertz CT molecular complexity index is 251. The summed E-state index contributed by atoms with van der Waals surface area (Å²) in [5.41, 5.74) is 1.15. The zero-order valence-corrected chi connectivity index (χ0v) is 6.55. The highest BCUT2D eigenvalue weighted by molar-refractivity contribution is 5.27. The van der Waals surface area contributed by atoms with Gasteiger partial charge in [0, 0.05) is 5.56 Å². The van der Waals surface area contributed by atoms with E-state index in [-0.39, 0.29) is 0 Å². The molecule has 0 amide bonds. The van der Waals surface area contributed by atoms with Gasteiger partial charge in [0.15, 0.2) is 5.75 Å². The molecule has 1 aromatic carbocycles. The van der Waals surface area contributed by atoms with E-state index < -0.39 is 0 Å². The molecule has 1 aliphatic carbocycles. The topological polar surface area (TPSA) is 9.23 Å². The first-order valence-electron chi connectivity index (χ1n) is 3.92. The van der Waals surface area contributed by atoms with Gasteiger partial charge in [0.1, 0.15) is 0 Å². The van der Waals surface area contributed by atoms with Gasteiger partial charge in [0.25, 0.3) is 0 Å². The lowest BCUT2D eigenvalue weighted by Gasteiger charge is -2.02. The van der Waals surface area contributed by atoms with Crippen LogP contribution in [0.3, 0.4) is 0 Å². The van der Waals surface area contributed by atoms with Gasteiger partial charge >= 0.3 is 0 Å². The van der Waals surface area contributed by atoms with Crippen LogP contribution in [0.25, 0.3) is 0 Å². The van der Waals surface area contributed by atoms with E-state index in [4.69, 9.17) is 4.74 Å². The maximum atomic E-state index is 5.57. The minimum atomic E-state index is 0.459. The average Bonchev–Trinajstić information content (AvgIpc) is 2.78. The third-order valence-corrected chi connectivity index (χ3v) is 1.77. The quantitative estimate of drug-likeness (QED) is 0.621. The second-order valence-electron chi connectivity index (χ2n) is 2.93. The average molecular weight is 146 g/mol. The lowest BCUT2D eigenvalue weighted by molar-refractivity contribution is 0.301. The first-order valence-corrected chi connectivity index (χ1v) is 3.92. The standard InChI is InChI=1S/C10H10O/c1-8-4-2-3-5-10(8)11-9-6-7-9/h2,4,9H,6-7H2,1H3. The van der Waals surface area contributed by atoms with E-state index in [1.165, 1.54) is 12.8 Å². The molecule has 0 atom stereocenters. The lowest BCUT2D eigenvalue weighted by Crippen LogP contribution is -1.96. The molecule has 0 unspecified atom stereocenters. The first-order chi connectivity index (χ1) is 5.36. The molecule has 0 N–H and O–H groups in total. The molecule has 56 valence electrons. The Morgan fingerprint density at radius 3 is 3.00 bits per heavy atom. The second-order valence-corrected chi connectivity index (χ2v) is 2.93. The van der Waals surface area contributed by atoms with Gasteiger partial charge in [-0.2, -0.15) is 0 Å². The normalized spacial score (nSPS) is 15.7.